The molecule has 0 saturated carbocycles. The third-order valence-electron chi connectivity index (χ3n) is 3.54. The number of nitrogens with one attached hydrogen (secondary N) is 2. The Morgan fingerprint density at radius 2 is 1.54 bits per heavy atom. The summed E-state index contributed by atoms with van der Waals surface area (Å²) >= 11 is 0. The van der Waals surface area contributed by atoms with E-state index in [1.807, 2.05) is 0 Å². The van der Waals surface area contributed by atoms with Gasteiger partial charge in [0.15, 0.2) is 0 Å². The molecule has 0 spiro atoms. The van der Waals surface area contributed by atoms with E-state index in [1.165, 1.54) is 18.2 Å². The van der Waals surface area contributed by atoms with Crippen LogP contribution in [-0.4, -0.2) is 26.0 Å². The molecule has 4 N–H and O–H groups in total. The van der Waals surface area contributed by atoms with E-state index >= 15 is 0 Å². The Balaban J connectivity index is 2.09. The first-order valence-corrected chi connectivity index (χ1v) is 9.95. The molecule has 0 fully saturated rings. The van der Waals surface area contributed by atoms with Crippen molar-refractivity contribution in [3.63, 3.8) is 0 Å². The number of hydrogen-bond acceptors (Lipinski definition) is 5. The van der Waals surface area contributed by atoms with Crippen molar-refractivity contribution in [1.29, 1.82) is 0 Å². The molecule has 0 heterocycles. The van der Waals surface area contributed by atoms with E-state index in [0.29, 0.717) is 22.5 Å². The molecular formula is C19H23N3O5S. The number of hydrogen-bond donors (Lipinski definition) is 3. The normalized spacial score (nSPS) is 11.6. The number of carbonyl (C=O) groups is 2. The van der Waals surface area contributed by atoms with Gasteiger partial charge in [0.25, 0.3) is 5.91 Å². The maximum absolute atomic E-state index is 12.4. The molecule has 0 radical (unpaired) electrons. The minimum Gasteiger partial charge on any atom is -0.444 e. The Bertz CT molecular complexity index is 993. The zero-order valence-corrected chi connectivity index (χ0v) is 16.9. The van der Waals surface area contributed by atoms with Crippen molar-refractivity contribution in [2.45, 2.75) is 38.2 Å². The van der Waals surface area contributed by atoms with Gasteiger partial charge in [0, 0.05) is 16.9 Å². The molecule has 9 heteroatoms. The molecule has 0 unspecified atom stereocenters. The molecule has 0 aliphatic rings. The minimum atomic E-state index is -3.89. The van der Waals surface area contributed by atoms with Crippen LogP contribution in [0.1, 0.15) is 36.7 Å². The van der Waals surface area contributed by atoms with Gasteiger partial charge in [-0.05, 0) is 69.7 Å². The van der Waals surface area contributed by atoms with Crippen molar-refractivity contribution in [3.05, 3.63) is 53.6 Å². The highest BCUT2D eigenvalue weighted by atomic mass is 32.2. The SMILES string of the molecule is Cc1ccc(NC(=O)c2ccc(NC(=O)OC(C)(C)C)cc2)cc1S(N)(=O)=O. The summed E-state index contributed by atoms with van der Waals surface area (Å²) in [4.78, 5) is 24.1. The lowest BCUT2D eigenvalue weighted by molar-refractivity contribution is 0.0635. The van der Waals surface area contributed by atoms with E-state index in [0.717, 1.165) is 0 Å². The van der Waals surface area contributed by atoms with Gasteiger partial charge in [-0.3, -0.25) is 10.1 Å². The van der Waals surface area contributed by atoms with Crippen LogP contribution in [0.3, 0.4) is 0 Å². The standard InChI is InChI=1S/C19H23N3O5S/c1-12-5-8-15(11-16(12)28(20,25)26)21-17(23)13-6-9-14(10-7-13)22-18(24)27-19(2,3)4/h5-11H,1-4H3,(H,21,23)(H,22,24)(H2,20,25,26). The lowest BCUT2D eigenvalue weighted by atomic mass is 10.1. The second-order valence-electron chi connectivity index (χ2n) is 7.18. The summed E-state index contributed by atoms with van der Waals surface area (Å²) in [5.41, 5.74) is 0.965. The van der Waals surface area contributed by atoms with Crippen LogP contribution in [0.4, 0.5) is 16.2 Å². The molecule has 0 atom stereocenters. The second kappa shape index (κ2) is 7.99. The second-order valence-corrected chi connectivity index (χ2v) is 8.71. The summed E-state index contributed by atoms with van der Waals surface area (Å²) in [6.07, 6.45) is -0.597. The van der Waals surface area contributed by atoms with Crippen molar-refractivity contribution >= 4 is 33.4 Å². The van der Waals surface area contributed by atoms with E-state index in [-0.39, 0.29) is 4.90 Å². The maximum atomic E-state index is 12.4. The third-order valence-corrected chi connectivity index (χ3v) is 4.60. The fourth-order valence-electron chi connectivity index (χ4n) is 2.31. The first-order chi connectivity index (χ1) is 12.8. The lowest BCUT2D eigenvalue weighted by Crippen LogP contribution is -2.27. The summed E-state index contributed by atoms with van der Waals surface area (Å²) in [6, 6.07) is 10.6. The molecule has 0 saturated heterocycles. The number of anilines is 2. The number of ether oxygens (including phenoxy) is 1. The number of amides is 2. The Labute approximate surface area is 164 Å². The fourth-order valence-corrected chi connectivity index (χ4v) is 3.12. The predicted octanol–water partition coefficient (Wildman–Crippen LogP) is 3.24. The van der Waals surface area contributed by atoms with Crippen LogP contribution in [0.5, 0.6) is 0 Å². The molecule has 0 aromatic heterocycles. The van der Waals surface area contributed by atoms with Crippen molar-refractivity contribution in [3.8, 4) is 0 Å². The highest BCUT2D eigenvalue weighted by molar-refractivity contribution is 7.89. The number of primary sulfonamides is 1. The number of nitrogens with two attached hydrogens (primary N) is 1. The zero-order valence-electron chi connectivity index (χ0n) is 16.1. The van der Waals surface area contributed by atoms with Gasteiger partial charge >= 0.3 is 6.09 Å². The number of benzene rings is 2. The van der Waals surface area contributed by atoms with Gasteiger partial charge in [-0.25, -0.2) is 18.4 Å². The van der Waals surface area contributed by atoms with Crippen LogP contribution in [0.15, 0.2) is 47.4 Å². The first-order valence-electron chi connectivity index (χ1n) is 8.40. The molecule has 2 aromatic rings. The van der Waals surface area contributed by atoms with Crippen molar-refractivity contribution in [2.75, 3.05) is 10.6 Å². The molecule has 28 heavy (non-hydrogen) atoms. The minimum absolute atomic E-state index is 0.0535. The Morgan fingerprint density at radius 3 is 2.07 bits per heavy atom. The largest absolute Gasteiger partial charge is 0.444 e. The molecule has 2 rings (SSSR count). The van der Waals surface area contributed by atoms with Gasteiger partial charge in [-0.1, -0.05) is 6.07 Å². The predicted molar refractivity (Wildman–Crippen MR) is 107 cm³/mol. The smallest absolute Gasteiger partial charge is 0.412 e. The maximum Gasteiger partial charge on any atom is 0.412 e. The monoisotopic (exact) mass is 405 g/mol. The molecule has 0 bridgehead atoms. The van der Waals surface area contributed by atoms with Crippen LogP contribution < -0.4 is 15.8 Å². The number of aryl methyl sites for hydroxylation is 1. The summed E-state index contributed by atoms with van der Waals surface area (Å²) in [6.45, 7) is 6.88. The number of rotatable bonds is 4. The first kappa shape index (κ1) is 21.4. The van der Waals surface area contributed by atoms with E-state index in [4.69, 9.17) is 9.88 Å². The Morgan fingerprint density at radius 1 is 0.964 bits per heavy atom. The van der Waals surface area contributed by atoms with E-state index in [2.05, 4.69) is 10.6 Å². The summed E-state index contributed by atoms with van der Waals surface area (Å²) in [5.74, 6) is -0.437. The Hall–Kier alpha value is -2.91. The van der Waals surface area contributed by atoms with Crippen LogP contribution >= 0.6 is 0 Å². The summed E-state index contributed by atoms with van der Waals surface area (Å²) in [5, 5.41) is 10.4. The van der Waals surface area contributed by atoms with Gasteiger partial charge in [-0.15, -0.1) is 0 Å². The average molecular weight is 405 g/mol. The lowest BCUT2D eigenvalue weighted by Gasteiger charge is -2.19. The van der Waals surface area contributed by atoms with Crippen molar-refractivity contribution < 1.29 is 22.7 Å². The van der Waals surface area contributed by atoms with Crippen LogP contribution in [0, 0.1) is 6.92 Å². The van der Waals surface area contributed by atoms with E-state index < -0.39 is 27.6 Å². The van der Waals surface area contributed by atoms with Crippen LogP contribution in [0.25, 0.3) is 0 Å². The number of carbonyl (C=O) groups excluding carboxylic acids is 2. The molecule has 0 aliphatic heterocycles. The molecule has 0 aliphatic carbocycles. The quantitative estimate of drug-likeness (QED) is 0.719. The Kier molecular flexibility index (Phi) is 6.10. The van der Waals surface area contributed by atoms with Gasteiger partial charge in [0.05, 0.1) is 4.90 Å². The molecule has 150 valence electrons. The topological polar surface area (TPSA) is 128 Å². The van der Waals surface area contributed by atoms with Gasteiger partial charge in [0.1, 0.15) is 5.60 Å². The zero-order chi connectivity index (χ0) is 21.1. The summed E-state index contributed by atoms with van der Waals surface area (Å²) < 4.78 is 28.3. The molecule has 2 amide bonds. The average Bonchev–Trinajstić information content (AvgIpc) is 2.54. The van der Waals surface area contributed by atoms with Crippen molar-refractivity contribution in [1.82, 2.24) is 0 Å². The summed E-state index contributed by atoms with van der Waals surface area (Å²) in [7, 11) is -3.89. The highest BCUT2D eigenvalue weighted by Crippen LogP contribution is 2.20. The van der Waals surface area contributed by atoms with E-state index in [1.54, 1.807) is 52.0 Å². The number of sulfonamides is 1. The van der Waals surface area contributed by atoms with Crippen molar-refractivity contribution in [2.24, 2.45) is 5.14 Å². The molecular weight excluding hydrogens is 382 g/mol. The highest BCUT2D eigenvalue weighted by Gasteiger charge is 2.17. The third kappa shape index (κ3) is 6.07. The molecule has 2 aromatic carbocycles. The fraction of sp³-hybridized carbons (Fsp3) is 0.263. The van der Waals surface area contributed by atoms with E-state index in [9.17, 15) is 18.0 Å². The van der Waals surface area contributed by atoms with Crippen LogP contribution in [0.2, 0.25) is 0 Å². The van der Waals surface area contributed by atoms with Gasteiger partial charge in [-0.2, -0.15) is 0 Å². The van der Waals surface area contributed by atoms with Gasteiger partial charge < -0.3 is 10.1 Å². The van der Waals surface area contributed by atoms with Gasteiger partial charge in [0.2, 0.25) is 10.0 Å². The molecule has 8 nitrogen and oxygen atoms in total. The van der Waals surface area contributed by atoms with Crippen LogP contribution in [-0.2, 0) is 14.8 Å².